The van der Waals surface area contributed by atoms with Crippen LogP contribution in [0.25, 0.3) is 0 Å². The number of nitrogens with one attached hydrogen (secondary N) is 2. The summed E-state index contributed by atoms with van der Waals surface area (Å²) in [5, 5.41) is 3.53. The molecule has 0 saturated carbocycles. The zero-order valence-electron chi connectivity index (χ0n) is 14.7. The van der Waals surface area contributed by atoms with Gasteiger partial charge >= 0.3 is 0 Å². The van der Waals surface area contributed by atoms with Crippen molar-refractivity contribution in [2.75, 3.05) is 4.90 Å². The molecule has 1 aromatic rings. The van der Waals surface area contributed by atoms with Gasteiger partial charge in [-0.05, 0) is 62.8 Å². The summed E-state index contributed by atoms with van der Waals surface area (Å²) in [5.41, 5.74) is 1.76. The van der Waals surface area contributed by atoms with Crippen LogP contribution in [0.15, 0.2) is 23.1 Å². The molecule has 0 radical (unpaired) electrons. The van der Waals surface area contributed by atoms with Crippen LogP contribution in [0.4, 0.5) is 5.69 Å². The molecule has 25 heavy (non-hydrogen) atoms. The maximum Gasteiger partial charge on any atom is 0.240 e. The van der Waals surface area contributed by atoms with Crippen LogP contribution < -0.4 is 14.9 Å². The number of fused-ring (bicyclic) bond motifs is 3. The Labute approximate surface area is 149 Å². The summed E-state index contributed by atoms with van der Waals surface area (Å²) in [4.78, 5) is 13.9. The smallest absolute Gasteiger partial charge is 0.240 e. The second-order valence-electron chi connectivity index (χ2n) is 7.66. The van der Waals surface area contributed by atoms with Gasteiger partial charge in [0, 0.05) is 36.8 Å². The van der Waals surface area contributed by atoms with Crippen molar-refractivity contribution in [3.05, 3.63) is 23.8 Å². The van der Waals surface area contributed by atoms with Crippen molar-refractivity contribution in [3.63, 3.8) is 0 Å². The highest BCUT2D eigenvalue weighted by molar-refractivity contribution is 7.89. The number of sulfonamides is 1. The van der Waals surface area contributed by atoms with Gasteiger partial charge in [-0.2, -0.15) is 0 Å². The minimum Gasteiger partial charge on any atom is -0.311 e. The average molecular weight is 363 g/mol. The van der Waals surface area contributed by atoms with Crippen molar-refractivity contribution >= 4 is 21.6 Å². The molecular formula is C18H25N3O3S. The third kappa shape index (κ3) is 3.09. The van der Waals surface area contributed by atoms with Crippen LogP contribution in [-0.4, -0.2) is 38.5 Å². The molecular weight excluding hydrogens is 338 g/mol. The van der Waals surface area contributed by atoms with Gasteiger partial charge < -0.3 is 10.2 Å². The van der Waals surface area contributed by atoms with E-state index in [4.69, 9.17) is 0 Å². The van der Waals surface area contributed by atoms with Crippen molar-refractivity contribution in [2.24, 2.45) is 0 Å². The molecule has 2 fully saturated rings. The third-order valence-corrected chi connectivity index (χ3v) is 7.23. The van der Waals surface area contributed by atoms with Crippen molar-refractivity contribution in [1.82, 2.24) is 10.0 Å². The zero-order chi connectivity index (χ0) is 17.8. The molecule has 3 heterocycles. The molecule has 2 bridgehead atoms. The number of anilines is 1. The lowest BCUT2D eigenvalue weighted by molar-refractivity contribution is -0.116. The normalized spacial score (nSPS) is 31.2. The fraction of sp³-hybridized carbons (Fsp3) is 0.611. The van der Waals surface area contributed by atoms with Crippen LogP contribution in [0.5, 0.6) is 0 Å². The second kappa shape index (κ2) is 6.07. The Hall–Kier alpha value is -1.44. The van der Waals surface area contributed by atoms with Gasteiger partial charge in [0.1, 0.15) is 0 Å². The lowest BCUT2D eigenvalue weighted by atomic mass is 10.0. The summed E-state index contributed by atoms with van der Waals surface area (Å²) in [7, 11) is -3.54. The second-order valence-corrected chi connectivity index (χ2v) is 9.37. The summed E-state index contributed by atoms with van der Waals surface area (Å²) in [5.74, 6) is -0.00911. The topological polar surface area (TPSA) is 78.5 Å². The number of piperidine rings is 1. The average Bonchev–Trinajstić information content (AvgIpc) is 3.04. The fourth-order valence-electron chi connectivity index (χ4n) is 4.70. The van der Waals surface area contributed by atoms with Gasteiger partial charge in [0.15, 0.2) is 0 Å². The first-order valence-corrected chi connectivity index (χ1v) is 10.5. The Kier molecular flexibility index (Phi) is 4.13. The highest BCUT2D eigenvalue weighted by Crippen LogP contribution is 2.34. The minimum absolute atomic E-state index is 0.00430. The van der Waals surface area contributed by atoms with E-state index < -0.39 is 10.0 Å². The summed E-state index contributed by atoms with van der Waals surface area (Å²) < 4.78 is 28.5. The highest BCUT2D eigenvalue weighted by Gasteiger charge is 2.36. The van der Waals surface area contributed by atoms with Crippen LogP contribution in [0.1, 0.15) is 45.1 Å². The van der Waals surface area contributed by atoms with E-state index in [2.05, 4.69) is 10.0 Å². The van der Waals surface area contributed by atoms with Crippen LogP contribution in [-0.2, 0) is 21.2 Å². The van der Waals surface area contributed by atoms with Gasteiger partial charge in [-0.1, -0.05) is 0 Å². The molecule has 0 aliphatic carbocycles. The van der Waals surface area contributed by atoms with Crippen molar-refractivity contribution < 1.29 is 13.2 Å². The van der Waals surface area contributed by atoms with E-state index >= 15 is 0 Å². The third-order valence-electron chi connectivity index (χ3n) is 5.71. The van der Waals surface area contributed by atoms with Gasteiger partial charge in [-0.15, -0.1) is 0 Å². The minimum atomic E-state index is -3.54. The number of hydrogen-bond acceptors (Lipinski definition) is 4. The molecule has 0 aromatic heterocycles. The van der Waals surface area contributed by atoms with Crippen molar-refractivity contribution in [3.8, 4) is 0 Å². The highest BCUT2D eigenvalue weighted by atomic mass is 32.2. The van der Waals surface area contributed by atoms with Crippen molar-refractivity contribution in [1.29, 1.82) is 0 Å². The maximum atomic E-state index is 12.8. The van der Waals surface area contributed by atoms with Gasteiger partial charge in [-0.3, -0.25) is 4.79 Å². The van der Waals surface area contributed by atoms with E-state index in [1.807, 2.05) is 6.92 Å². The predicted octanol–water partition coefficient (Wildman–Crippen LogP) is 1.55. The molecule has 1 aromatic carbocycles. The number of nitrogens with zero attached hydrogens (tertiary/aromatic N) is 1. The molecule has 7 heteroatoms. The molecule has 6 nitrogen and oxygen atoms in total. The van der Waals surface area contributed by atoms with Gasteiger partial charge in [0.05, 0.1) is 4.90 Å². The quantitative estimate of drug-likeness (QED) is 0.854. The van der Waals surface area contributed by atoms with Crippen LogP contribution in [0, 0.1) is 0 Å². The largest absolute Gasteiger partial charge is 0.311 e. The molecule has 1 amide bonds. The summed E-state index contributed by atoms with van der Waals surface area (Å²) >= 11 is 0. The first kappa shape index (κ1) is 17.0. The molecule has 2 N–H and O–H groups in total. The van der Waals surface area contributed by atoms with E-state index in [1.165, 1.54) is 0 Å². The standard InChI is InChI=1S/C18H25N3O3S/c1-11-7-13-8-17(5-6-18(13)21(11)12(2)22)25(23,24)20-16-9-14-3-4-15(10-16)19-14/h5-6,8,11,14-16,19-20H,3-4,7,9-10H2,1-2H3. The van der Waals surface area contributed by atoms with Crippen LogP contribution in [0.3, 0.4) is 0 Å². The molecule has 3 aliphatic rings. The molecule has 3 aliphatic heterocycles. The number of rotatable bonds is 3. The van der Waals surface area contributed by atoms with Crippen molar-refractivity contribution in [2.45, 2.75) is 75.0 Å². The van der Waals surface area contributed by atoms with Gasteiger partial charge in [0.25, 0.3) is 0 Å². The van der Waals surface area contributed by atoms with E-state index in [1.54, 1.807) is 30.0 Å². The Morgan fingerprint density at radius 3 is 2.56 bits per heavy atom. The summed E-state index contributed by atoms with van der Waals surface area (Å²) in [6, 6.07) is 6.06. The predicted molar refractivity (Wildman–Crippen MR) is 96.1 cm³/mol. The Morgan fingerprint density at radius 1 is 1.24 bits per heavy atom. The number of hydrogen-bond donors (Lipinski definition) is 2. The zero-order valence-corrected chi connectivity index (χ0v) is 15.5. The van der Waals surface area contributed by atoms with Crippen LogP contribution >= 0.6 is 0 Å². The number of amides is 1. The van der Waals surface area contributed by atoms with E-state index in [0.717, 1.165) is 36.9 Å². The number of carbonyl (C=O) groups excluding carboxylic acids is 1. The lowest BCUT2D eigenvalue weighted by Crippen LogP contribution is -2.47. The molecule has 2 saturated heterocycles. The monoisotopic (exact) mass is 363 g/mol. The first-order valence-electron chi connectivity index (χ1n) is 9.04. The molecule has 4 rings (SSSR count). The Bertz CT molecular complexity index is 796. The molecule has 0 spiro atoms. The molecule has 3 atom stereocenters. The van der Waals surface area contributed by atoms with E-state index in [9.17, 15) is 13.2 Å². The first-order chi connectivity index (χ1) is 11.8. The lowest BCUT2D eigenvalue weighted by Gasteiger charge is -2.29. The van der Waals surface area contributed by atoms with Gasteiger partial charge in [0.2, 0.25) is 15.9 Å². The Balaban J connectivity index is 1.55. The summed E-state index contributed by atoms with van der Waals surface area (Å²) in [6.45, 7) is 3.53. The number of carbonyl (C=O) groups is 1. The van der Waals surface area contributed by atoms with E-state index in [-0.39, 0.29) is 18.0 Å². The number of benzene rings is 1. The SMILES string of the molecule is CC(=O)N1c2ccc(S(=O)(=O)NC3CC4CCC(C3)N4)cc2CC1C. The fourth-order valence-corrected chi connectivity index (χ4v) is 6.01. The molecule has 136 valence electrons. The molecule has 3 unspecified atom stereocenters. The van der Waals surface area contributed by atoms with Gasteiger partial charge in [-0.25, -0.2) is 13.1 Å². The Morgan fingerprint density at radius 2 is 1.92 bits per heavy atom. The maximum absolute atomic E-state index is 12.8. The van der Waals surface area contributed by atoms with E-state index in [0.29, 0.717) is 23.4 Å². The summed E-state index contributed by atoms with van der Waals surface area (Å²) in [6.07, 6.45) is 4.68. The van der Waals surface area contributed by atoms with Crippen LogP contribution in [0.2, 0.25) is 0 Å².